The number of hydrogen-bond acceptors (Lipinski definition) is 3. The van der Waals surface area contributed by atoms with Crippen LogP contribution in [0.15, 0.2) is 41.9 Å². The maximum atomic E-state index is 6.27. The summed E-state index contributed by atoms with van der Waals surface area (Å²) < 4.78 is 18.1. The minimum atomic E-state index is -0.300. The zero-order chi connectivity index (χ0) is 21.7. The fraction of sp³-hybridized carbons (Fsp3) is 0.462. The minimum Gasteiger partial charge on any atom is -0.496 e. The maximum absolute atomic E-state index is 6.27. The first-order chi connectivity index (χ1) is 14.1. The van der Waals surface area contributed by atoms with Crippen molar-refractivity contribution in [1.29, 1.82) is 0 Å². The average Bonchev–Trinajstić information content (AvgIpc) is 2.93. The Balaban J connectivity index is 1.62. The monoisotopic (exact) mass is 404 g/mol. The first-order valence-corrected chi connectivity index (χ1v) is 11.0. The molecule has 1 fully saturated rings. The highest BCUT2D eigenvalue weighted by Crippen LogP contribution is 2.41. The molecule has 4 rings (SSSR count). The zero-order valence-corrected chi connectivity index (χ0v) is 19.3. The van der Waals surface area contributed by atoms with Crippen LogP contribution in [0.2, 0.25) is 0 Å². The number of benzene rings is 2. The van der Waals surface area contributed by atoms with Gasteiger partial charge in [-0.15, -0.1) is 0 Å². The molecule has 0 saturated carbocycles. The highest BCUT2D eigenvalue weighted by Gasteiger charge is 2.52. The van der Waals surface area contributed by atoms with E-state index in [2.05, 4.69) is 84.0 Å². The van der Waals surface area contributed by atoms with Gasteiger partial charge in [0, 0.05) is 0 Å². The summed E-state index contributed by atoms with van der Waals surface area (Å²) in [5.41, 5.74) is 7.03. The minimum absolute atomic E-state index is 0.252. The molecular weight excluding hydrogens is 371 g/mol. The highest BCUT2D eigenvalue weighted by atomic mass is 16.7. The van der Waals surface area contributed by atoms with Gasteiger partial charge in [0.2, 0.25) is 0 Å². The Morgan fingerprint density at radius 2 is 1.53 bits per heavy atom. The van der Waals surface area contributed by atoms with Crippen LogP contribution < -0.4 is 4.74 Å². The standard InChI is InChI=1S/C26H33BO3/c1-17(2)23-16-21(11-13-24(23)28-7)18-8-9-20-15-22(12-10-19(20)14-18)27-29-25(3,4)26(5,6)30-27/h8-9,11,13-17H,10,12H2,1-7H3. The van der Waals surface area contributed by atoms with Crippen molar-refractivity contribution in [2.45, 2.75) is 71.5 Å². The topological polar surface area (TPSA) is 27.7 Å². The van der Waals surface area contributed by atoms with Crippen LogP contribution in [0.25, 0.3) is 17.2 Å². The lowest BCUT2D eigenvalue weighted by atomic mass is 9.71. The van der Waals surface area contributed by atoms with Gasteiger partial charge in [0.05, 0.1) is 18.3 Å². The number of allylic oxidation sites excluding steroid dienone is 1. The van der Waals surface area contributed by atoms with E-state index in [1.807, 2.05) is 0 Å². The summed E-state index contributed by atoms with van der Waals surface area (Å²) in [4.78, 5) is 0. The molecule has 0 N–H and O–H groups in total. The molecule has 0 amide bonds. The quantitative estimate of drug-likeness (QED) is 0.549. The normalized spacial score (nSPS) is 19.6. The van der Waals surface area contributed by atoms with E-state index < -0.39 is 0 Å². The number of fused-ring (bicyclic) bond motifs is 1. The number of methoxy groups -OCH3 is 1. The number of ether oxygens (including phenoxy) is 1. The van der Waals surface area contributed by atoms with Gasteiger partial charge in [-0.2, -0.15) is 0 Å². The molecule has 0 unspecified atom stereocenters. The molecule has 158 valence electrons. The van der Waals surface area contributed by atoms with Crippen LogP contribution in [0, 0.1) is 0 Å². The summed E-state index contributed by atoms with van der Waals surface area (Å²) in [5, 5.41) is 0. The van der Waals surface area contributed by atoms with Gasteiger partial charge in [-0.3, -0.25) is 0 Å². The Hall–Kier alpha value is -2.04. The molecular formula is C26H33BO3. The molecule has 0 radical (unpaired) electrons. The summed E-state index contributed by atoms with van der Waals surface area (Å²) in [6.07, 6.45) is 4.23. The van der Waals surface area contributed by atoms with Crippen molar-refractivity contribution in [3.63, 3.8) is 0 Å². The molecule has 0 bridgehead atoms. The molecule has 0 spiro atoms. The molecule has 1 heterocycles. The van der Waals surface area contributed by atoms with Gasteiger partial charge in [0.25, 0.3) is 0 Å². The third-order valence-electron chi connectivity index (χ3n) is 6.91. The van der Waals surface area contributed by atoms with Gasteiger partial charge >= 0.3 is 7.12 Å². The molecule has 1 aliphatic carbocycles. The first-order valence-electron chi connectivity index (χ1n) is 11.0. The van der Waals surface area contributed by atoms with Crippen molar-refractivity contribution in [3.05, 3.63) is 58.6 Å². The maximum Gasteiger partial charge on any atom is 0.490 e. The van der Waals surface area contributed by atoms with Crippen molar-refractivity contribution in [1.82, 2.24) is 0 Å². The van der Waals surface area contributed by atoms with Crippen LogP contribution in [0.4, 0.5) is 0 Å². The Morgan fingerprint density at radius 3 is 2.17 bits per heavy atom. The van der Waals surface area contributed by atoms with Crippen LogP contribution in [-0.2, 0) is 15.7 Å². The third kappa shape index (κ3) is 3.72. The van der Waals surface area contributed by atoms with E-state index in [1.54, 1.807) is 7.11 Å². The predicted octanol–water partition coefficient (Wildman–Crippen LogP) is 6.45. The lowest BCUT2D eigenvalue weighted by Gasteiger charge is -2.32. The molecule has 1 aliphatic heterocycles. The predicted molar refractivity (Wildman–Crippen MR) is 125 cm³/mol. The molecule has 0 aromatic heterocycles. The smallest absolute Gasteiger partial charge is 0.490 e. The second-order valence-corrected chi connectivity index (χ2v) is 9.83. The Kier molecular flexibility index (Phi) is 5.36. The number of rotatable bonds is 4. The summed E-state index contributed by atoms with van der Waals surface area (Å²) in [5.74, 6) is 1.38. The second kappa shape index (κ2) is 7.58. The summed E-state index contributed by atoms with van der Waals surface area (Å²) in [6, 6.07) is 13.3. The Morgan fingerprint density at radius 1 is 0.900 bits per heavy atom. The van der Waals surface area contributed by atoms with Crippen LogP contribution in [0.5, 0.6) is 5.75 Å². The average molecular weight is 404 g/mol. The van der Waals surface area contributed by atoms with Gasteiger partial charge < -0.3 is 14.0 Å². The second-order valence-electron chi connectivity index (χ2n) is 9.83. The van der Waals surface area contributed by atoms with Crippen LogP contribution in [-0.4, -0.2) is 25.4 Å². The van der Waals surface area contributed by atoms with Crippen molar-refractivity contribution in [3.8, 4) is 16.9 Å². The van der Waals surface area contributed by atoms with Crippen molar-refractivity contribution < 1.29 is 14.0 Å². The highest BCUT2D eigenvalue weighted by molar-refractivity contribution is 6.55. The van der Waals surface area contributed by atoms with E-state index >= 15 is 0 Å². The van der Waals surface area contributed by atoms with Crippen molar-refractivity contribution in [2.75, 3.05) is 7.11 Å². The largest absolute Gasteiger partial charge is 0.496 e. The van der Waals surface area contributed by atoms with Gasteiger partial charge in [-0.25, -0.2) is 0 Å². The van der Waals surface area contributed by atoms with E-state index in [4.69, 9.17) is 14.0 Å². The van der Waals surface area contributed by atoms with Gasteiger partial charge in [-0.1, -0.05) is 44.2 Å². The lowest BCUT2D eigenvalue weighted by Crippen LogP contribution is -2.41. The van der Waals surface area contributed by atoms with Gasteiger partial charge in [-0.05, 0) is 91.9 Å². The summed E-state index contributed by atoms with van der Waals surface area (Å²) in [6.45, 7) is 12.8. The molecule has 0 atom stereocenters. The molecule has 2 aromatic carbocycles. The van der Waals surface area contributed by atoms with Crippen molar-refractivity contribution in [2.24, 2.45) is 0 Å². The molecule has 1 saturated heterocycles. The van der Waals surface area contributed by atoms with Crippen LogP contribution in [0.3, 0.4) is 0 Å². The summed E-state index contributed by atoms with van der Waals surface area (Å²) >= 11 is 0. The third-order valence-corrected chi connectivity index (χ3v) is 6.91. The SMILES string of the molecule is COc1ccc(-c2ccc3c(c2)CCC(B2OC(C)(C)C(C)(C)O2)=C3)cc1C(C)C. The van der Waals surface area contributed by atoms with E-state index in [0.29, 0.717) is 5.92 Å². The first kappa shape index (κ1) is 21.2. The van der Waals surface area contributed by atoms with E-state index in [0.717, 1.165) is 18.6 Å². The molecule has 4 heteroatoms. The van der Waals surface area contributed by atoms with E-state index in [1.165, 1.54) is 33.3 Å². The van der Waals surface area contributed by atoms with E-state index in [9.17, 15) is 0 Å². The fourth-order valence-corrected chi connectivity index (χ4v) is 4.24. The van der Waals surface area contributed by atoms with Crippen molar-refractivity contribution >= 4 is 13.2 Å². The fourth-order valence-electron chi connectivity index (χ4n) is 4.24. The Bertz CT molecular complexity index is 972. The lowest BCUT2D eigenvalue weighted by molar-refractivity contribution is 0.00578. The van der Waals surface area contributed by atoms with Crippen LogP contribution >= 0.6 is 0 Å². The van der Waals surface area contributed by atoms with E-state index in [-0.39, 0.29) is 18.3 Å². The zero-order valence-electron chi connectivity index (χ0n) is 19.3. The Labute approximate surface area is 181 Å². The molecule has 30 heavy (non-hydrogen) atoms. The van der Waals surface area contributed by atoms with Crippen LogP contribution in [0.1, 0.15) is 70.6 Å². The number of aryl methyl sites for hydroxylation is 1. The summed E-state index contributed by atoms with van der Waals surface area (Å²) in [7, 11) is 1.49. The van der Waals surface area contributed by atoms with Gasteiger partial charge in [0.1, 0.15) is 5.75 Å². The molecule has 2 aliphatic rings. The molecule has 3 nitrogen and oxygen atoms in total. The molecule has 2 aromatic rings. The van der Waals surface area contributed by atoms with Gasteiger partial charge in [0.15, 0.2) is 0 Å². The number of hydrogen-bond donors (Lipinski definition) is 0.